The minimum atomic E-state index is 0.418. The van der Waals surface area contributed by atoms with Crippen LogP contribution in [0.4, 0.5) is 0 Å². The van der Waals surface area contributed by atoms with Crippen molar-refractivity contribution >= 4 is 17.9 Å². The van der Waals surface area contributed by atoms with E-state index in [1.807, 2.05) is 0 Å². The molecular weight excluding hydrogens is 150 g/mol. The number of aryl methyl sites for hydroxylation is 1. The van der Waals surface area contributed by atoms with Crippen molar-refractivity contribution in [1.29, 1.82) is 0 Å². The number of rotatable bonds is 1. The molecule has 0 saturated heterocycles. The van der Waals surface area contributed by atoms with Crippen molar-refractivity contribution in [2.75, 3.05) is 0 Å². The maximum atomic E-state index is 10.2. The zero-order chi connectivity index (χ0) is 7.56. The molecular formula is C7H6ClNO. The summed E-state index contributed by atoms with van der Waals surface area (Å²) >= 11 is 5.66. The number of hydrogen-bond donors (Lipinski definition) is 0. The molecule has 0 amide bonds. The van der Waals surface area contributed by atoms with Crippen LogP contribution in [0.1, 0.15) is 16.2 Å². The molecule has 1 heterocycles. The summed E-state index contributed by atoms with van der Waals surface area (Å²) in [5.41, 5.74) is 1.10. The molecule has 0 N–H and O–H groups in total. The molecule has 52 valence electrons. The van der Waals surface area contributed by atoms with Crippen LogP contribution in [0.5, 0.6) is 0 Å². The molecule has 0 atom stereocenters. The molecule has 10 heavy (non-hydrogen) atoms. The molecule has 0 bridgehead atoms. The number of carbonyl (C=O) groups excluding carboxylic acids is 1. The summed E-state index contributed by atoms with van der Waals surface area (Å²) in [6, 6.07) is 3.25. The van der Waals surface area contributed by atoms with Gasteiger partial charge in [0.1, 0.15) is 5.69 Å². The van der Waals surface area contributed by atoms with E-state index in [-0.39, 0.29) is 0 Å². The smallest absolute Gasteiger partial charge is 0.168 e. The predicted molar refractivity (Wildman–Crippen MR) is 39.4 cm³/mol. The van der Waals surface area contributed by atoms with E-state index in [9.17, 15) is 4.79 Å². The second-order valence-electron chi connectivity index (χ2n) is 1.92. The first-order valence-electron chi connectivity index (χ1n) is 2.82. The first-order valence-corrected chi connectivity index (χ1v) is 3.20. The van der Waals surface area contributed by atoms with Crippen LogP contribution in [0.3, 0.4) is 0 Å². The molecule has 1 rings (SSSR count). The van der Waals surface area contributed by atoms with E-state index in [4.69, 9.17) is 11.6 Å². The highest BCUT2D eigenvalue weighted by atomic mass is 35.5. The SMILES string of the molecule is Cc1nc(C=O)ccc1Cl. The van der Waals surface area contributed by atoms with Gasteiger partial charge in [-0.05, 0) is 19.1 Å². The first-order chi connectivity index (χ1) is 4.74. The van der Waals surface area contributed by atoms with Crippen molar-refractivity contribution in [3.63, 3.8) is 0 Å². The number of nitrogens with zero attached hydrogens (tertiary/aromatic N) is 1. The minimum Gasteiger partial charge on any atom is -0.296 e. The lowest BCUT2D eigenvalue weighted by Crippen LogP contribution is -1.89. The fourth-order valence-corrected chi connectivity index (χ4v) is 0.734. The highest BCUT2D eigenvalue weighted by molar-refractivity contribution is 6.31. The van der Waals surface area contributed by atoms with E-state index in [1.54, 1.807) is 19.1 Å². The van der Waals surface area contributed by atoms with E-state index < -0.39 is 0 Å². The Hall–Kier alpha value is -0.890. The van der Waals surface area contributed by atoms with Crippen molar-refractivity contribution in [3.8, 4) is 0 Å². The molecule has 1 aromatic rings. The topological polar surface area (TPSA) is 30.0 Å². The van der Waals surface area contributed by atoms with E-state index in [2.05, 4.69) is 4.98 Å². The van der Waals surface area contributed by atoms with Crippen LogP contribution < -0.4 is 0 Å². The number of halogens is 1. The van der Waals surface area contributed by atoms with Gasteiger partial charge in [0.2, 0.25) is 0 Å². The van der Waals surface area contributed by atoms with Crippen molar-refractivity contribution in [3.05, 3.63) is 28.5 Å². The Morgan fingerprint density at radius 2 is 2.30 bits per heavy atom. The van der Waals surface area contributed by atoms with Crippen molar-refractivity contribution in [1.82, 2.24) is 4.98 Å². The molecule has 2 nitrogen and oxygen atoms in total. The Kier molecular flexibility index (Phi) is 2.02. The lowest BCUT2D eigenvalue weighted by atomic mass is 10.3. The molecule has 0 aromatic carbocycles. The largest absolute Gasteiger partial charge is 0.296 e. The Bertz CT molecular complexity index is 260. The summed E-state index contributed by atoms with van der Waals surface area (Å²) in [5.74, 6) is 0. The lowest BCUT2D eigenvalue weighted by Gasteiger charge is -1.94. The van der Waals surface area contributed by atoms with Gasteiger partial charge in [-0.3, -0.25) is 4.79 Å². The van der Waals surface area contributed by atoms with Crippen molar-refractivity contribution in [2.45, 2.75) is 6.92 Å². The number of aromatic nitrogens is 1. The molecule has 1 aromatic heterocycles. The van der Waals surface area contributed by atoms with Gasteiger partial charge in [-0.1, -0.05) is 11.6 Å². The summed E-state index contributed by atoms with van der Waals surface area (Å²) < 4.78 is 0. The number of carbonyl (C=O) groups is 1. The highest BCUT2D eigenvalue weighted by Gasteiger charge is 1.96. The number of hydrogen-bond acceptors (Lipinski definition) is 2. The molecule has 0 aliphatic carbocycles. The van der Waals surface area contributed by atoms with Gasteiger partial charge in [-0.15, -0.1) is 0 Å². The van der Waals surface area contributed by atoms with E-state index in [0.717, 1.165) is 0 Å². The Morgan fingerprint density at radius 3 is 2.80 bits per heavy atom. The van der Waals surface area contributed by atoms with Crippen LogP contribution >= 0.6 is 11.6 Å². The van der Waals surface area contributed by atoms with Gasteiger partial charge in [0.15, 0.2) is 6.29 Å². The maximum absolute atomic E-state index is 10.2. The summed E-state index contributed by atoms with van der Waals surface area (Å²) in [4.78, 5) is 14.1. The third-order valence-corrected chi connectivity index (χ3v) is 1.56. The van der Waals surface area contributed by atoms with Crippen LogP contribution in [0.15, 0.2) is 12.1 Å². The zero-order valence-corrected chi connectivity index (χ0v) is 6.22. The average Bonchev–Trinajstić information content (AvgIpc) is 1.95. The van der Waals surface area contributed by atoms with Gasteiger partial charge in [0, 0.05) is 0 Å². The maximum Gasteiger partial charge on any atom is 0.168 e. The first kappa shape index (κ1) is 7.22. The lowest BCUT2D eigenvalue weighted by molar-refractivity contribution is 0.111. The monoisotopic (exact) mass is 155 g/mol. The van der Waals surface area contributed by atoms with Crippen molar-refractivity contribution in [2.24, 2.45) is 0 Å². The fraction of sp³-hybridized carbons (Fsp3) is 0.143. The molecule has 3 heteroatoms. The van der Waals surface area contributed by atoms with Crippen LogP contribution in [0.2, 0.25) is 5.02 Å². The Labute approximate surface area is 63.8 Å². The normalized spacial score (nSPS) is 9.40. The zero-order valence-electron chi connectivity index (χ0n) is 5.47. The van der Waals surface area contributed by atoms with E-state index in [0.29, 0.717) is 22.7 Å². The summed E-state index contributed by atoms with van der Waals surface area (Å²) in [5, 5.41) is 0.589. The number of aldehydes is 1. The minimum absolute atomic E-state index is 0.418. The van der Waals surface area contributed by atoms with Gasteiger partial charge >= 0.3 is 0 Å². The summed E-state index contributed by atoms with van der Waals surface area (Å²) in [6.07, 6.45) is 0.698. The average molecular weight is 156 g/mol. The van der Waals surface area contributed by atoms with Crippen LogP contribution in [0, 0.1) is 6.92 Å². The van der Waals surface area contributed by atoms with Crippen LogP contribution in [-0.4, -0.2) is 11.3 Å². The molecule has 0 unspecified atom stereocenters. The van der Waals surface area contributed by atoms with Crippen molar-refractivity contribution < 1.29 is 4.79 Å². The van der Waals surface area contributed by atoms with Gasteiger partial charge in [0.25, 0.3) is 0 Å². The third-order valence-electron chi connectivity index (χ3n) is 1.16. The van der Waals surface area contributed by atoms with Crippen LogP contribution in [-0.2, 0) is 0 Å². The van der Waals surface area contributed by atoms with Gasteiger partial charge in [0.05, 0.1) is 10.7 Å². The summed E-state index contributed by atoms with van der Waals surface area (Å²) in [7, 11) is 0. The molecule has 0 spiro atoms. The fourth-order valence-electron chi connectivity index (χ4n) is 0.629. The van der Waals surface area contributed by atoms with E-state index >= 15 is 0 Å². The predicted octanol–water partition coefficient (Wildman–Crippen LogP) is 1.86. The summed E-state index contributed by atoms with van der Waals surface area (Å²) in [6.45, 7) is 1.76. The van der Waals surface area contributed by atoms with Gasteiger partial charge < -0.3 is 0 Å². The van der Waals surface area contributed by atoms with Gasteiger partial charge in [-0.25, -0.2) is 4.98 Å². The van der Waals surface area contributed by atoms with E-state index in [1.165, 1.54) is 0 Å². The molecule has 0 aliphatic heterocycles. The molecule has 0 fully saturated rings. The standard InChI is InChI=1S/C7H6ClNO/c1-5-7(8)3-2-6(4-10)9-5/h2-4H,1H3. The second-order valence-corrected chi connectivity index (χ2v) is 2.33. The Morgan fingerprint density at radius 1 is 1.60 bits per heavy atom. The highest BCUT2D eigenvalue weighted by Crippen LogP contribution is 2.11. The Balaban J connectivity index is 3.16. The number of pyridine rings is 1. The quantitative estimate of drug-likeness (QED) is 0.580. The second kappa shape index (κ2) is 2.80. The molecule has 0 saturated carbocycles. The molecule has 0 radical (unpaired) electrons. The third kappa shape index (κ3) is 1.33. The van der Waals surface area contributed by atoms with Gasteiger partial charge in [-0.2, -0.15) is 0 Å². The molecule has 0 aliphatic rings. The van der Waals surface area contributed by atoms with Crippen LogP contribution in [0.25, 0.3) is 0 Å².